The van der Waals surface area contributed by atoms with E-state index in [9.17, 15) is 23.5 Å². The summed E-state index contributed by atoms with van der Waals surface area (Å²) < 4.78 is 35.4. The fourth-order valence-corrected chi connectivity index (χ4v) is 3.24. The standard InChI is InChI=1S/C18H21F2NO5/c1-10(22)21-8-13(6-14(21)17(23)24)12-4-5-15(26-18(19)20)16(7-12)25-9-11-2-3-11/h4-5,7,11,13-14,18H,2-3,6,8-9H2,1H3,(H,23,24)/t13?,14-/m0/s1. The van der Waals surface area contributed by atoms with Crippen LogP contribution in [0.15, 0.2) is 18.2 Å². The van der Waals surface area contributed by atoms with Crippen molar-refractivity contribution in [1.29, 1.82) is 0 Å². The molecule has 2 aliphatic rings. The molecule has 3 rings (SSSR count). The van der Waals surface area contributed by atoms with Gasteiger partial charge >= 0.3 is 12.6 Å². The molecule has 8 heteroatoms. The van der Waals surface area contributed by atoms with Crippen LogP contribution in [-0.2, 0) is 9.59 Å². The molecule has 1 unspecified atom stereocenters. The fraction of sp³-hybridized carbons (Fsp3) is 0.556. The number of carboxylic acid groups (broad SMARTS) is 1. The molecule has 0 bridgehead atoms. The number of aliphatic carboxylic acids is 1. The first-order valence-electron chi connectivity index (χ1n) is 8.56. The summed E-state index contributed by atoms with van der Waals surface area (Å²) in [6.45, 7) is -0.920. The van der Waals surface area contributed by atoms with Crippen LogP contribution < -0.4 is 9.47 Å². The summed E-state index contributed by atoms with van der Waals surface area (Å²) in [5, 5.41) is 9.33. The average molecular weight is 369 g/mol. The highest BCUT2D eigenvalue weighted by Crippen LogP contribution is 2.38. The summed E-state index contributed by atoms with van der Waals surface area (Å²) in [6.07, 6.45) is 2.38. The summed E-state index contributed by atoms with van der Waals surface area (Å²) in [6, 6.07) is 3.77. The number of likely N-dealkylation sites (tertiary alicyclic amines) is 1. The number of hydrogen-bond donors (Lipinski definition) is 1. The third kappa shape index (κ3) is 4.23. The smallest absolute Gasteiger partial charge is 0.387 e. The quantitative estimate of drug-likeness (QED) is 0.800. The first kappa shape index (κ1) is 18.4. The lowest BCUT2D eigenvalue weighted by Gasteiger charge is -2.19. The molecule has 1 N–H and O–H groups in total. The van der Waals surface area contributed by atoms with E-state index in [-0.39, 0.29) is 36.3 Å². The molecule has 1 aliphatic carbocycles. The number of hydrogen-bond acceptors (Lipinski definition) is 4. The monoisotopic (exact) mass is 369 g/mol. The SMILES string of the molecule is CC(=O)N1CC(c2ccc(OC(F)F)c(OCC3CC3)c2)C[C@H]1C(=O)O. The van der Waals surface area contributed by atoms with E-state index < -0.39 is 18.6 Å². The number of carboxylic acids is 1. The Balaban J connectivity index is 1.81. The fourth-order valence-electron chi connectivity index (χ4n) is 3.24. The van der Waals surface area contributed by atoms with Gasteiger partial charge in [0.2, 0.25) is 5.91 Å². The van der Waals surface area contributed by atoms with E-state index >= 15 is 0 Å². The van der Waals surface area contributed by atoms with Crippen LogP contribution >= 0.6 is 0 Å². The van der Waals surface area contributed by atoms with E-state index in [1.165, 1.54) is 17.9 Å². The molecule has 142 valence electrons. The van der Waals surface area contributed by atoms with Gasteiger partial charge in [-0.15, -0.1) is 0 Å². The van der Waals surface area contributed by atoms with E-state index in [0.29, 0.717) is 12.5 Å². The van der Waals surface area contributed by atoms with Gasteiger partial charge in [0.15, 0.2) is 11.5 Å². The van der Waals surface area contributed by atoms with Crippen LogP contribution in [0.4, 0.5) is 8.78 Å². The van der Waals surface area contributed by atoms with Gasteiger partial charge in [-0.1, -0.05) is 6.07 Å². The van der Waals surface area contributed by atoms with Gasteiger partial charge in [-0.3, -0.25) is 4.79 Å². The first-order valence-corrected chi connectivity index (χ1v) is 8.56. The Morgan fingerprint density at radius 3 is 2.58 bits per heavy atom. The molecular weight excluding hydrogens is 348 g/mol. The zero-order chi connectivity index (χ0) is 18.8. The molecule has 6 nitrogen and oxygen atoms in total. The van der Waals surface area contributed by atoms with E-state index in [1.54, 1.807) is 12.1 Å². The second kappa shape index (κ2) is 7.47. The Kier molecular flexibility index (Phi) is 5.29. The van der Waals surface area contributed by atoms with Crippen LogP contribution in [0.3, 0.4) is 0 Å². The third-order valence-electron chi connectivity index (χ3n) is 4.82. The van der Waals surface area contributed by atoms with Gasteiger partial charge in [0.1, 0.15) is 6.04 Å². The molecule has 1 aliphatic heterocycles. The molecule has 1 aromatic rings. The average Bonchev–Trinajstić information content (AvgIpc) is 3.28. The number of carbonyl (C=O) groups excluding carboxylic acids is 1. The van der Waals surface area contributed by atoms with Gasteiger partial charge in [0.05, 0.1) is 6.61 Å². The van der Waals surface area contributed by atoms with Crippen molar-refractivity contribution < 1.29 is 33.0 Å². The van der Waals surface area contributed by atoms with E-state index in [2.05, 4.69) is 4.74 Å². The highest BCUT2D eigenvalue weighted by molar-refractivity contribution is 5.83. The Labute approximate surface area is 149 Å². The maximum Gasteiger partial charge on any atom is 0.387 e. The minimum Gasteiger partial charge on any atom is -0.489 e. The number of amides is 1. The van der Waals surface area contributed by atoms with Gasteiger partial charge < -0.3 is 19.5 Å². The zero-order valence-electron chi connectivity index (χ0n) is 14.4. The second-order valence-corrected chi connectivity index (χ2v) is 6.80. The van der Waals surface area contributed by atoms with Crippen LogP contribution in [0.2, 0.25) is 0 Å². The van der Waals surface area contributed by atoms with Gasteiger partial charge in [0, 0.05) is 19.4 Å². The molecule has 1 saturated heterocycles. The molecule has 2 atom stereocenters. The zero-order valence-corrected chi connectivity index (χ0v) is 14.4. The number of ether oxygens (including phenoxy) is 2. The highest BCUT2D eigenvalue weighted by atomic mass is 19.3. The Morgan fingerprint density at radius 1 is 1.31 bits per heavy atom. The molecule has 2 fully saturated rings. The van der Waals surface area contributed by atoms with Crippen molar-refractivity contribution in [1.82, 2.24) is 4.90 Å². The highest BCUT2D eigenvalue weighted by Gasteiger charge is 2.39. The van der Waals surface area contributed by atoms with Gasteiger partial charge in [0.25, 0.3) is 0 Å². The van der Waals surface area contributed by atoms with Crippen molar-refractivity contribution in [3.05, 3.63) is 23.8 Å². The summed E-state index contributed by atoms with van der Waals surface area (Å²) in [5.41, 5.74) is 0.743. The van der Waals surface area contributed by atoms with Crippen molar-refractivity contribution >= 4 is 11.9 Å². The maximum absolute atomic E-state index is 12.6. The van der Waals surface area contributed by atoms with E-state index in [4.69, 9.17) is 4.74 Å². The molecule has 1 saturated carbocycles. The van der Waals surface area contributed by atoms with Crippen molar-refractivity contribution in [3.63, 3.8) is 0 Å². The lowest BCUT2D eigenvalue weighted by atomic mass is 9.96. The topological polar surface area (TPSA) is 76.1 Å². The van der Waals surface area contributed by atoms with Crippen LogP contribution in [0.1, 0.15) is 37.7 Å². The molecule has 0 spiro atoms. The number of benzene rings is 1. The predicted molar refractivity (Wildman–Crippen MR) is 87.5 cm³/mol. The number of alkyl halides is 2. The molecule has 26 heavy (non-hydrogen) atoms. The largest absolute Gasteiger partial charge is 0.489 e. The summed E-state index contributed by atoms with van der Waals surface area (Å²) >= 11 is 0. The van der Waals surface area contributed by atoms with Crippen molar-refractivity contribution in [2.45, 2.75) is 44.8 Å². The Bertz CT molecular complexity index is 670. The minimum absolute atomic E-state index is 0.0411. The van der Waals surface area contributed by atoms with Crippen molar-refractivity contribution in [2.24, 2.45) is 5.92 Å². The molecule has 1 heterocycles. The van der Waals surface area contributed by atoms with Crippen LogP contribution in [-0.4, -0.2) is 47.7 Å². The van der Waals surface area contributed by atoms with Crippen molar-refractivity contribution in [3.8, 4) is 11.5 Å². The third-order valence-corrected chi connectivity index (χ3v) is 4.82. The summed E-state index contributed by atoms with van der Waals surface area (Å²) in [5.74, 6) is -0.935. The van der Waals surface area contributed by atoms with E-state index in [0.717, 1.165) is 18.4 Å². The summed E-state index contributed by atoms with van der Waals surface area (Å²) in [7, 11) is 0. The van der Waals surface area contributed by atoms with Crippen LogP contribution in [0.5, 0.6) is 11.5 Å². The van der Waals surface area contributed by atoms with Crippen molar-refractivity contribution in [2.75, 3.05) is 13.2 Å². The molecular formula is C18H21F2NO5. The first-order chi connectivity index (χ1) is 12.3. The number of nitrogens with zero attached hydrogens (tertiary/aromatic N) is 1. The number of rotatable bonds is 7. The predicted octanol–water partition coefficient (Wildman–Crippen LogP) is 2.87. The molecule has 0 radical (unpaired) electrons. The van der Waals surface area contributed by atoms with E-state index in [1.807, 2.05) is 0 Å². The normalized spacial score (nSPS) is 22.5. The number of carbonyl (C=O) groups is 2. The minimum atomic E-state index is -2.96. The molecule has 1 amide bonds. The molecule has 0 aromatic heterocycles. The second-order valence-electron chi connectivity index (χ2n) is 6.80. The van der Waals surface area contributed by atoms with Gasteiger partial charge in [-0.2, -0.15) is 8.78 Å². The van der Waals surface area contributed by atoms with Crippen LogP contribution in [0.25, 0.3) is 0 Å². The Morgan fingerprint density at radius 2 is 2.04 bits per heavy atom. The molecule has 1 aromatic carbocycles. The van der Waals surface area contributed by atoms with Gasteiger partial charge in [-0.25, -0.2) is 4.79 Å². The lowest BCUT2D eigenvalue weighted by molar-refractivity contribution is -0.147. The lowest BCUT2D eigenvalue weighted by Crippen LogP contribution is -2.39. The maximum atomic E-state index is 12.6. The Hall–Kier alpha value is -2.38. The van der Waals surface area contributed by atoms with Gasteiger partial charge in [-0.05, 0) is 42.9 Å². The van der Waals surface area contributed by atoms with Crippen LogP contribution in [0, 0.1) is 5.92 Å². The summed E-state index contributed by atoms with van der Waals surface area (Å²) in [4.78, 5) is 24.4. The number of halogens is 2.